The molecule has 8 aliphatic carbocycles. The first-order valence-electron chi connectivity index (χ1n) is 27.1. The smallest absolute Gasteiger partial charge is 0.382 e. The number of aromatic carboxylic acids is 1. The second-order valence-corrected chi connectivity index (χ2v) is 25.2. The number of aromatic nitrogens is 3. The van der Waals surface area contributed by atoms with E-state index in [0.29, 0.717) is 89.2 Å². The summed E-state index contributed by atoms with van der Waals surface area (Å²) in [5, 5.41) is 39.8. The number of carbonyl (C=O) groups is 8. The van der Waals surface area contributed by atoms with Gasteiger partial charge in [-0.25, -0.2) is 24.5 Å². The van der Waals surface area contributed by atoms with Crippen LogP contribution >= 0.6 is 34.0 Å². The summed E-state index contributed by atoms with van der Waals surface area (Å²) in [6, 6.07) is 21.9. The van der Waals surface area contributed by atoms with Crippen LogP contribution in [0, 0.1) is 35.5 Å². The van der Waals surface area contributed by atoms with Gasteiger partial charge >= 0.3 is 11.9 Å². The van der Waals surface area contributed by atoms with E-state index in [2.05, 4.69) is 20.3 Å². The molecule has 4 atom stereocenters. The molecule has 81 heavy (non-hydrogen) atoms. The van der Waals surface area contributed by atoms with E-state index in [1.807, 2.05) is 18.2 Å². The van der Waals surface area contributed by atoms with Crippen LogP contribution in [0.2, 0.25) is 0 Å². The number of nitrogens with zero attached hydrogens (tertiary/aromatic N) is 4. The molecule has 1 aliphatic heterocycles. The summed E-state index contributed by atoms with van der Waals surface area (Å²) in [6.07, 6.45) is 10.4. The maximum Gasteiger partial charge on any atom is 0.382 e. The number of hydrogen-bond donors (Lipinski definition) is 5. The number of nitrogens with one attached hydrogen (secondary N) is 1. The fraction of sp³-hybridized carbons (Fsp3) is 0.417. The number of hydrogen-bond acceptors (Lipinski definition) is 18. The molecule has 18 nitrogen and oxygen atoms in total. The molecule has 21 heteroatoms. The van der Waals surface area contributed by atoms with Gasteiger partial charge in [0.2, 0.25) is 0 Å². The van der Waals surface area contributed by atoms with Crippen LogP contribution < -0.4 is 11.1 Å². The fourth-order valence-corrected chi connectivity index (χ4v) is 16.2. The van der Waals surface area contributed by atoms with Gasteiger partial charge in [-0.15, -0.1) is 39.1 Å². The number of aliphatic hydroxyl groups is 2. The molecule has 0 spiro atoms. The Balaban J connectivity index is 0.000000126. The van der Waals surface area contributed by atoms with Crippen molar-refractivity contribution in [2.24, 2.45) is 41.2 Å². The van der Waals surface area contributed by atoms with Crippen LogP contribution in [0.25, 0.3) is 31.7 Å². The highest BCUT2D eigenvalue weighted by atomic mass is 32.1. The number of hydroxylamine groups is 2. The largest absolute Gasteiger partial charge is 0.476 e. The zero-order valence-corrected chi connectivity index (χ0v) is 47.3. The summed E-state index contributed by atoms with van der Waals surface area (Å²) in [4.78, 5) is 111. The van der Waals surface area contributed by atoms with Crippen molar-refractivity contribution in [2.75, 3.05) is 0 Å². The van der Waals surface area contributed by atoms with Crippen LogP contribution in [0.3, 0.4) is 0 Å². The standard InChI is InChI=1S/C22H24N2O3S.C16H12N2O5S.C12H9NO3S.C10H17NO/c1-12(25)16-4-2-3-5-17(16)21-23-18(11-28-21)20(26)24-19-14-6-13-7-15(19)10-22(27,8-13)9-14;1-9(19)10-4-2-3-5-11(10)15-17-12(8-24-15)16(22)23-18-13(20)6-7-14(18)21;1-7(14)8-4-2-3-5-9(8)11-13-10(6-17-11)12(15)16;11-9-7-1-6-2-8(9)5-10(12,3-6)4-7/h2-5,11,13-15,19,27H,6-10H2,1H3,(H,24,26);2-5,8H,6-7H2,1H3;2-6H,1H3,(H,15,16);6-9,12H,1-5,11H2. The molecule has 4 unspecified atom stereocenters. The van der Waals surface area contributed by atoms with Crippen molar-refractivity contribution in [1.29, 1.82) is 0 Å². The van der Waals surface area contributed by atoms with Gasteiger partial charge in [-0.2, -0.15) is 0 Å². The lowest BCUT2D eigenvalue weighted by Gasteiger charge is -2.58. The molecule has 3 amide bonds. The highest BCUT2D eigenvalue weighted by Crippen LogP contribution is 2.56. The van der Waals surface area contributed by atoms with Gasteiger partial charge < -0.3 is 31.2 Å². The predicted molar refractivity (Wildman–Crippen MR) is 302 cm³/mol. The van der Waals surface area contributed by atoms with Crippen molar-refractivity contribution in [3.05, 3.63) is 123 Å². The maximum absolute atomic E-state index is 12.9. The number of nitrogens with two attached hydrogens (primary N) is 1. The highest BCUT2D eigenvalue weighted by Gasteiger charge is 2.56. The molecular weight excluding hydrogens is 1090 g/mol. The third-order valence-corrected chi connectivity index (χ3v) is 19.4. The Labute approximate surface area is 479 Å². The molecule has 8 bridgehead atoms. The summed E-state index contributed by atoms with van der Waals surface area (Å²) in [6.45, 7) is 4.47. The third kappa shape index (κ3) is 12.4. The Bertz CT molecular complexity index is 3410. The topological polar surface area (TPSA) is 286 Å². The Morgan fingerprint density at radius 1 is 0.568 bits per heavy atom. The first kappa shape index (κ1) is 57.2. The summed E-state index contributed by atoms with van der Waals surface area (Å²) >= 11 is 3.78. The molecule has 6 N–H and O–H groups in total. The van der Waals surface area contributed by atoms with Crippen LogP contribution in [0.4, 0.5) is 0 Å². The minimum atomic E-state index is -1.06. The van der Waals surface area contributed by atoms with Gasteiger partial charge in [0.25, 0.3) is 17.7 Å². The number of amides is 3. The zero-order chi connectivity index (χ0) is 57.5. The van der Waals surface area contributed by atoms with Gasteiger partial charge in [0.05, 0.1) is 11.2 Å². The number of Topliss-reactive ketones (excluding diaryl/α,β-unsaturated/α-hetero) is 3. The van der Waals surface area contributed by atoms with E-state index < -0.39 is 29.4 Å². The maximum atomic E-state index is 12.9. The normalized spacial score (nSPS) is 27.0. The van der Waals surface area contributed by atoms with Crippen LogP contribution in [-0.2, 0) is 14.4 Å². The molecule has 15 rings (SSSR count). The Morgan fingerprint density at radius 2 is 0.938 bits per heavy atom. The van der Waals surface area contributed by atoms with Gasteiger partial charge in [0.1, 0.15) is 20.7 Å². The molecule has 3 aromatic carbocycles. The summed E-state index contributed by atoms with van der Waals surface area (Å²) < 4.78 is 0. The summed E-state index contributed by atoms with van der Waals surface area (Å²) in [5.41, 5.74) is 9.44. The van der Waals surface area contributed by atoms with E-state index in [-0.39, 0.29) is 59.1 Å². The molecule has 0 radical (unpaired) electrons. The predicted octanol–water partition coefficient (Wildman–Crippen LogP) is 9.51. The SMILES string of the molecule is CC(=O)c1ccccc1-c1nc(C(=O)NC2C3CC4CC2CC(O)(C4)C3)cs1.CC(=O)c1ccccc1-c1nc(C(=O)O)cs1.CC(=O)c1ccccc1-c1nc(C(=O)ON2C(=O)CCC2=O)cs1.NC1C2CC3CC1CC(O)(C3)C2. The number of carboxylic acid groups (broad SMARTS) is 1. The fourth-order valence-electron chi connectivity index (χ4n) is 13.7. The minimum Gasteiger partial charge on any atom is -0.476 e. The number of benzene rings is 3. The van der Waals surface area contributed by atoms with Crippen molar-refractivity contribution in [3.8, 4) is 31.7 Å². The molecule has 6 aromatic rings. The lowest BCUT2D eigenvalue weighted by Crippen LogP contribution is -2.61. The summed E-state index contributed by atoms with van der Waals surface area (Å²) in [5.74, 6) is 0.0556. The van der Waals surface area contributed by atoms with Gasteiger partial charge in [-0.05, 0) is 120 Å². The monoisotopic (exact) mass is 1150 g/mol. The first-order chi connectivity index (χ1) is 38.6. The van der Waals surface area contributed by atoms with E-state index in [1.54, 1.807) is 66.9 Å². The molecule has 9 fully saturated rings. The van der Waals surface area contributed by atoms with E-state index in [4.69, 9.17) is 15.7 Å². The van der Waals surface area contributed by atoms with Gasteiger partial charge in [-0.3, -0.25) is 28.8 Å². The molecule has 4 heterocycles. The van der Waals surface area contributed by atoms with Crippen LogP contribution in [0.5, 0.6) is 0 Å². The van der Waals surface area contributed by atoms with Gasteiger partial charge in [0.15, 0.2) is 28.7 Å². The second-order valence-electron chi connectivity index (χ2n) is 22.6. The van der Waals surface area contributed by atoms with E-state index in [1.165, 1.54) is 71.5 Å². The zero-order valence-electron chi connectivity index (χ0n) is 44.9. The average Bonchev–Trinajstić information content (AvgIpc) is 4.43. The number of thiazole rings is 3. The Kier molecular flexibility index (Phi) is 16.6. The van der Waals surface area contributed by atoms with E-state index in [9.17, 15) is 48.6 Å². The van der Waals surface area contributed by atoms with Gasteiger partial charge in [-0.1, -0.05) is 72.8 Å². The molecule has 9 aliphatic rings. The second kappa shape index (κ2) is 23.5. The average molecular weight is 1160 g/mol. The van der Waals surface area contributed by atoms with Crippen LogP contribution in [-0.4, -0.2) is 106 Å². The Hall–Kier alpha value is -7.01. The van der Waals surface area contributed by atoms with E-state index in [0.717, 1.165) is 62.8 Å². The molecule has 1 saturated heterocycles. The molecule has 8 saturated carbocycles. The van der Waals surface area contributed by atoms with Crippen molar-refractivity contribution < 1.29 is 58.5 Å². The number of carbonyl (C=O) groups excluding carboxylic acids is 7. The number of imide groups is 1. The Morgan fingerprint density at radius 3 is 1.35 bits per heavy atom. The minimum absolute atomic E-state index is 0.00311. The first-order valence-corrected chi connectivity index (χ1v) is 29.8. The van der Waals surface area contributed by atoms with Crippen molar-refractivity contribution >= 4 is 81.0 Å². The molecule has 3 aromatic heterocycles. The number of ketones is 3. The van der Waals surface area contributed by atoms with E-state index >= 15 is 0 Å². The van der Waals surface area contributed by atoms with Crippen molar-refractivity contribution in [3.63, 3.8) is 0 Å². The van der Waals surface area contributed by atoms with Crippen LogP contribution in [0.1, 0.15) is 160 Å². The lowest BCUT2D eigenvalue weighted by molar-refractivity contribution is -0.172. The molecular formula is C60H62N6O12S3. The van der Waals surface area contributed by atoms with Crippen molar-refractivity contribution in [1.82, 2.24) is 25.3 Å². The molecule has 422 valence electrons. The number of carboxylic acids is 1. The van der Waals surface area contributed by atoms with Crippen LogP contribution in [0.15, 0.2) is 88.9 Å². The number of rotatable bonds is 11. The quantitative estimate of drug-likeness (QED) is 0.0596. The lowest BCUT2D eigenvalue weighted by atomic mass is 9.52. The highest BCUT2D eigenvalue weighted by molar-refractivity contribution is 7.14. The van der Waals surface area contributed by atoms with Crippen molar-refractivity contribution in [2.45, 2.75) is 121 Å². The third-order valence-electron chi connectivity index (χ3n) is 16.8. The van der Waals surface area contributed by atoms with Gasteiger partial charge in [0, 0.05) is 74.4 Å². The summed E-state index contributed by atoms with van der Waals surface area (Å²) in [7, 11) is 0.